The van der Waals surface area contributed by atoms with Crippen molar-refractivity contribution in [3.63, 3.8) is 0 Å². The quantitative estimate of drug-likeness (QED) is 0.795. The van der Waals surface area contributed by atoms with E-state index < -0.39 is 0 Å². The van der Waals surface area contributed by atoms with Crippen LogP contribution in [-0.4, -0.2) is 47.8 Å². The molecule has 0 aromatic heterocycles. The van der Waals surface area contributed by atoms with Gasteiger partial charge >= 0.3 is 0 Å². The number of rotatable bonds is 6. The van der Waals surface area contributed by atoms with Gasteiger partial charge in [0.15, 0.2) is 23.0 Å². The molecule has 0 aliphatic carbocycles. The fourth-order valence-electron chi connectivity index (χ4n) is 3.19. The smallest absolute Gasteiger partial charge is 0.203 e. The lowest BCUT2D eigenvalue weighted by molar-refractivity contribution is 0.324. The van der Waals surface area contributed by atoms with Crippen molar-refractivity contribution in [1.82, 2.24) is 0 Å². The minimum absolute atomic E-state index is 0.558. The van der Waals surface area contributed by atoms with Gasteiger partial charge in [0.25, 0.3) is 0 Å². The Kier molecular flexibility index (Phi) is 5.21. The van der Waals surface area contributed by atoms with Crippen molar-refractivity contribution >= 4 is 5.71 Å². The van der Waals surface area contributed by atoms with Crippen LogP contribution in [0.25, 0.3) is 0 Å². The van der Waals surface area contributed by atoms with Crippen LogP contribution in [0.4, 0.5) is 0 Å². The van der Waals surface area contributed by atoms with Gasteiger partial charge in [-0.2, -0.15) is 0 Å². The first-order chi connectivity index (χ1) is 12.7. The van der Waals surface area contributed by atoms with Crippen LogP contribution in [0.1, 0.15) is 16.7 Å². The minimum atomic E-state index is 0.558. The number of ether oxygens (including phenoxy) is 5. The second-order valence-electron chi connectivity index (χ2n) is 5.76. The van der Waals surface area contributed by atoms with Crippen LogP contribution in [0.3, 0.4) is 0 Å². The van der Waals surface area contributed by atoms with Gasteiger partial charge in [0.05, 0.1) is 41.3 Å². The maximum absolute atomic E-state index is 5.47. The lowest BCUT2D eigenvalue weighted by Gasteiger charge is -2.21. The molecule has 0 N–H and O–H groups in total. The first-order valence-corrected chi connectivity index (χ1v) is 8.26. The van der Waals surface area contributed by atoms with Crippen molar-refractivity contribution < 1.29 is 23.7 Å². The lowest BCUT2D eigenvalue weighted by atomic mass is 9.92. The van der Waals surface area contributed by atoms with E-state index in [1.807, 2.05) is 24.3 Å². The van der Waals surface area contributed by atoms with Crippen molar-refractivity contribution in [2.75, 3.05) is 42.1 Å². The number of methoxy groups -OCH3 is 5. The van der Waals surface area contributed by atoms with Gasteiger partial charge < -0.3 is 23.7 Å². The minimum Gasteiger partial charge on any atom is -0.493 e. The van der Waals surface area contributed by atoms with Gasteiger partial charge in [-0.25, -0.2) is 0 Å². The molecule has 2 aromatic carbocycles. The SMILES string of the molecule is COc1cc2c(cc1OC)C(c1cc(OC)c(OC)c(OC)c1)=NCC2. The van der Waals surface area contributed by atoms with E-state index >= 15 is 0 Å². The van der Waals surface area contributed by atoms with Gasteiger partial charge in [-0.05, 0) is 36.2 Å². The predicted molar refractivity (Wildman–Crippen MR) is 99.9 cm³/mol. The van der Waals surface area contributed by atoms with Crippen LogP contribution in [0.5, 0.6) is 28.7 Å². The number of nitrogens with zero attached hydrogens (tertiary/aromatic N) is 1. The predicted octanol–water partition coefficient (Wildman–Crippen LogP) is 3.12. The van der Waals surface area contributed by atoms with Crippen molar-refractivity contribution in [2.24, 2.45) is 4.99 Å². The summed E-state index contributed by atoms with van der Waals surface area (Å²) in [5.41, 5.74) is 3.95. The van der Waals surface area contributed by atoms with Gasteiger partial charge in [-0.15, -0.1) is 0 Å². The molecule has 138 valence electrons. The van der Waals surface area contributed by atoms with E-state index in [9.17, 15) is 0 Å². The van der Waals surface area contributed by atoms with Crippen LogP contribution < -0.4 is 23.7 Å². The van der Waals surface area contributed by atoms with Crippen LogP contribution in [0, 0.1) is 0 Å². The van der Waals surface area contributed by atoms with Gasteiger partial charge in [-0.3, -0.25) is 4.99 Å². The number of fused-ring (bicyclic) bond motifs is 1. The normalized spacial score (nSPS) is 12.7. The summed E-state index contributed by atoms with van der Waals surface area (Å²) in [6.45, 7) is 0.703. The van der Waals surface area contributed by atoms with Gasteiger partial charge in [0, 0.05) is 17.7 Å². The zero-order valence-corrected chi connectivity index (χ0v) is 15.7. The maximum Gasteiger partial charge on any atom is 0.203 e. The molecule has 0 amide bonds. The van der Waals surface area contributed by atoms with Crippen molar-refractivity contribution in [3.05, 3.63) is 41.0 Å². The van der Waals surface area contributed by atoms with E-state index in [0.29, 0.717) is 29.5 Å². The summed E-state index contributed by atoms with van der Waals surface area (Å²) < 4.78 is 27.2. The Morgan fingerprint density at radius 1 is 0.692 bits per heavy atom. The monoisotopic (exact) mass is 357 g/mol. The number of hydrogen-bond donors (Lipinski definition) is 0. The molecule has 0 saturated heterocycles. The van der Waals surface area contributed by atoms with Crippen molar-refractivity contribution in [1.29, 1.82) is 0 Å². The molecule has 2 aromatic rings. The van der Waals surface area contributed by atoms with E-state index in [-0.39, 0.29) is 0 Å². The summed E-state index contributed by atoms with van der Waals surface area (Å²) in [7, 11) is 8.06. The Morgan fingerprint density at radius 2 is 1.27 bits per heavy atom. The molecule has 0 spiro atoms. The van der Waals surface area contributed by atoms with E-state index in [2.05, 4.69) is 0 Å². The van der Waals surface area contributed by atoms with Crippen molar-refractivity contribution in [3.8, 4) is 28.7 Å². The second kappa shape index (κ2) is 7.56. The number of aliphatic imine (C=N–C) groups is 1. The van der Waals surface area contributed by atoms with Gasteiger partial charge in [0.2, 0.25) is 5.75 Å². The van der Waals surface area contributed by atoms with E-state index in [1.165, 1.54) is 5.56 Å². The van der Waals surface area contributed by atoms with Crippen LogP contribution in [0.2, 0.25) is 0 Å². The molecule has 6 heteroatoms. The standard InChI is InChI=1S/C20H23NO5/c1-22-15-8-12-6-7-21-19(14(12)11-16(15)23-2)13-9-17(24-3)20(26-5)18(10-13)25-4/h8-11H,6-7H2,1-5H3. The average Bonchev–Trinajstić information content (AvgIpc) is 2.70. The summed E-state index contributed by atoms with van der Waals surface area (Å²) >= 11 is 0. The molecule has 26 heavy (non-hydrogen) atoms. The highest BCUT2D eigenvalue weighted by molar-refractivity contribution is 6.15. The van der Waals surface area contributed by atoms with E-state index in [0.717, 1.165) is 29.0 Å². The summed E-state index contributed by atoms with van der Waals surface area (Å²) in [5, 5.41) is 0. The average molecular weight is 357 g/mol. The highest BCUT2D eigenvalue weighted by Gasteiger charge is 2.22. The summed E-state index contributed by atoms with van der Waals surface area (Å²) in [5.74, 6) is 3.14. The second-order valence-corrected chi connectivity index (χ2v) is 5.76. The molecule has 1 aliphatic rings. The summed E-state index contributed by atoms with van der Waals surface area (Å²) in [6, 6.07) is 7.80. The molecule has 0 radical (unpaired) electrons. The third-order valence-corrected chi connectivity index (χ3v) is 4.45. The molecular formula is C20H23NO5. The zero-order valence-electron chi connectivity index (χ0n) is 15.7. The third-order valence-electron chi connectivity index (χ3n) is 4.45. The molecule has 1 heterocycles. The highest BCUT2D eigenvalue weighted by Crippen LogP contribution is 2.40. The molecular weight excluding hydrogens is 334 g/mol. The number of benzene rings is 2. The summed E-state index contributed by atoms with van der Waals surface area (Å²) in [6.07, 6.45) is 0.851. The molecule has 0 bridgehead atoms. The topological polar surface area (TPSA) is 58.5 Å². The van der Waals surface area contributed by atoms with Crippen LogP contribution in [-0.2, 0) is 6.42 Å². The van der Waals surface area contributed by atoms with Crippen LogP contribution in [0.15, 0.2) is 29.3 Å². The molecule has 0 saturated carbocycles. The Labute approximate surface area is 153 Å². The maximum atomic E-state index is 5.47. The third kappa shape index (κ3) is 3.03. The Hall–Kier alpha value is -2.89. The Bertz CT molecular complexity index is 819. The molecule has 1 aliphatic heterocycles. The largest absolute Gasteiger partial charge is 0.493 e. The van der Waals surface area contributed by atoms with Gasteiger partial charge in [0.1, 0.15) is 0 Å². The zero-order chi connectivity index (χ0) is 18.7. The lowest BCUT2D eigenvalue weighted by Crippen LogP contribution is -2.15. The molecule has 0 fully saturated rings. The Balaban J connectivity index is 2.16. The molecule has 6 nitrogen and oxygen atoms in total. The van der Waals surface area contributed by atoms with Crippen molar-refractivity contribution in [2.45, 2.75) is 6.42 Å². The van der Waals surface area contributed by atoms with Crippen LogP contribution >= 0.6 is 0 Å². The summed E-state index contributed by atoms with van der Waals surface area (Å²) in [4.78, 5) is 4.75. The first-order valence-electron chi connectivity index (χ1n) is 8.26. The van der Waals surface area contributed by atoms with E-state index in [4.69, 9.17) is 28.7 Å². The fourth-order valence-corrected chi connectivity index (χ4v) is 3.19. The molecule has 0 atom stereocenters. The molecule has 3 rings (SSSR count). The fraction of sp³-hybridized carbons (Fsp3) is 0.350. The number of hydrogen-bond acceptors (Lipinski definition) is 6. The van der Waals surface area contributed by atoms with E-state index in [1.54, 1.807) is 35.5 Å². The van der Waals surface area contributed by atoms with Gasteiger partial charge in [-0.1, -0.05) is 0 Å². The Morgan fingerprint density at radius 3 is 1.81 bits per heavy atom. The molecule has 0 unspecified atom stereocenters. The first kappa shape index (κ1) is 17.9. The highest BCUT2D eigenvalue weighted by atomic mass is 16.5.